The van der Waals surface area contributed by atoms with Crippen LogP contribution in [-0.2, 0) is 6.42 Å². The minimum atomic E-state index is 1.00. The third kappa shape index (κ3) is 6.57. The van der Waals surface area contributed by atoms with Gasteiger partial charge in [0.1, 0.15) is 5.76 Å². The summed E-state index contributed by atoms with van der Waals surface area (Å²) in [5, 5.41) is 0. The predicted molar refractivity (Wildman–Crippen MR) is 65.3 cm³/mol. The highest BCUT2D eigenvalue weighted by molar-refractivity contribution is 7.99. The first-order valence-electron chi connectivity index (χ1n) is 5.39. The summed E-state index contributed by atoms with van der Waals surface area (Å²) < 4.78 is 5.17. The molecule has 0 aliphatic rings. The lowest BCUT2D eigenvalue weighted by molar-refractivity contribution is 0.410. The van der Waals surface area contributed by atoms with Crippen LogP contribution >= 0.6 is 11.8 Å². The zero-order valence-electron chi connectivity index (χ0n) is 9.61. The number of aryl methyl sites for hydroxylation is 1. The van der Waals surface area contributed by atoms with Crippen molar-refractivity contribution in [1.29, 1.82) is 0 Å². The Balaban J connectivity index is 1.85. The van der Waals surface area contributed by atoms with Crippen LogP contribution in [0.5, 0.6) is 0 Å². The normalized spacial score (nSPS) is 11.1. The van der Waals surface area contributed by atoms with E-state index >= 15 is 0 Å². The largest absolute Gasteiger partial charge is 0.449 e. The second kappa shape index (κ2) is 7.77. The maximum atomic E-state index is 5.17. The van der Waals surface area contributed by atoms with Gasteiger partial charge in [0.15, 0.2) is 6.39 Å². The molecule has 1 aromatic heterocycles. The third-order valence-corrected chi connectivity index (χ3v) is 3.24. The molecule has 0 spiro atoms. The number of oxazole rings is 1. The Morgan fingerprint density at radius 1 is 1.33 bits per heavy atom. The van der Waals surface area contributed by atoms with Gasteiger partial charge in [0.2, 0.25) is 0 Å². The highest BCUT2D eigenvalue weighted by atomic mass is 32.2. The van der Waals surface area contributed by atoms with Crippen LogP contribution in [-0.4, -0.2) is 42.0 Å². The topological polar surface area (TPSA) is 29.3 Å². The highest BCUT2D eigenvalue weighted by Crippen LogP contribution is 2.08. The number of rotatable bonds is 8. The summed E-state index contributed by atoms with van der Waals surface area (Å²) >= 11 is 2.03. The average molecular weight is 228 g/mol. The number of hydrogen-bond donors (Lipinski definition) is 0. The molecule has 0 fully saturated rings. The molecule has 0 aromatic carbocycles. The average Bonchev–Trinajstić information content (AvgIpc) is 2.68. The summed E-state index contributed by atoms with van der Waals surface area (Å²) in [6.07, 6.45) is 6.78. The van der Waals surface area contributed by atoms with Crippen molar-refractivity contribution in [2.75, 3.05) is 32.1 Å². The summed E-state index contributed by atoms with van der Waals surface area (Å²) in [5.41, 5.74) is 0. The van der Waals surface area contributed by atoms with E-state index in [4.69, 9.17) is 4.42 Å². The monoisotopic (exact) mass is 228 g/mol. The van der Waals surface area contributed by atoms with Crippen molar-refractivity contribution < 1.29 is 4.42 Å². The Hall–Kier alpha value is -0.480. The maximum absolute atomic E-state index is 5.17. The maximum Gasteiger partial charge on any atom is 0.180 e. The molecule has 0 amide bonds. The molecule has 0 bridgehead atoms. The van der Waals surface area contributed by atoms with Crippen LogP contribution in [0.25, 0.3) is 0 Å². The standard InChI is InChI=1S/C11H20N2OS/c1-13(2)6-4-8-15-7-3-5-11-9-12-10-14-11/h9-10H,3-8H2,1-2H3. The number of nitrogens with zero attached hydrogens (tertiary/aromatic N) is 2. The van der Waals surface area contributed by atoms with Gasteiger partial charge in [-0.05, 0) is 45.0 Å². The Morgan fingerprint density at radius 3 is 2.80 bits per heavy atom. The van der Waals surface area contributed by atoms with Crippen LogP contribution < -0.4 is 0 Å². The van der Waals surface area contributed by atoms with Crippen LogP contribution in [0.3, 0.4) is 0 Å². The number of thioether (sulfide) groups is 1. The molecule has 0 saturated heterocycles. The SMILES string of the molecule is CN(C)CCCSCCCc1cnco1. The fourth-order valence-corrected chi connectivity index (χ4v) is 2.18. The summed E-state index contributed by atoms with van der Waals surface area (Å²) in [6, 6.07) is 0. The lowest BCUT2D eigenvalue weighted by Crippen LogP contribution is -2.13. The van der Waals surface area contributed by atoms with Crippen LogP contribution in [0.2, 0.25) is 0 Å². The van der Waals surface area contributed by atoms with Gasteiger partial charge in [-0.1, -0.05) is 0 Å². The van der Waals surface area contributed by atoms with E-state index in [0.29, 0.717) is 0 Å². The second-order valence-corrected chi connectivity index (χ2v) is 5.07. The molecule has 86 valence electrons. The molecule has 0 saturated carbocycles. The van der Waals surface area contributed by atoms with Crippen molar-refractivity contribution in [2.24, 2.45) is 0 Å². The Bertz CT molecular complexity index is 237. The first-order chi connectivity index (χ1) is 7.29. The molecule has 15 heavy (non-hydrogen) atoms. The molecule has 1 heterocycles. The van der Waals surface area contributed by atoms with E-state index in [9.17, 15) is 0 Å². The molecule has 3 nitrogen and oxygen atoms in total. The van der Waals surface area contributed by atoms with Gasteiger partial charge in [-0.25, -0.2) is 4.98 Å². The van der Waals surface area contributed by atoms with Gasteiger partial charge in [0.05, 0.1) is 6.20 Å². The quantitative estimate of drug-likeness (QED) is 0.638. The van der Waals surface area contributed by atoms with Gasteiger partial charge < -0.3 is 9.32 Å². The molecule has 4 heteroatoms. The van der Waals surface area contributed by atoms with Gasteiger partial charge in [0, 0.05) is 6.42 Å². The van der Waals surface area contributed by atoms with E-state index in [2.05, 4.69) is 24.0 Å². The van der Waals surface area contributed by atoms with Gasteiger partial charge in [-0.3, -0.25) is 0 Å². The zero-order chi connectivity index (χ0) is 10.9. The van der Waals surface area contributed by atoms with E-state index in [0.717, 1.165) is 12.2 Å². The Morgan fingerprint density at radius 2 is 2.13 bits per heavy atom. The van der Waals surface area contributed by atoms with Crippen LogP contribution in [0.4, 0.5) is 0 Å². The van der Waals surface area contributed by atoms with Gasteiger partial charge in [-0.15, -0.1) is 0 Å². The van der Waals surface area contributed by atoms with Crippen LogP contribution in [0.1, 0.15) is 18.6 Å². The van der Waals surface area contributed by atoms with E-state index in [1.54, 1.807) is 6.20 Å². The van der Waals surface area contributed by atoms with E-state index in [1.807, 2.05) is 11.8 Å². The van der Waals surface area contributed by atoms with E-state index < -0.39 is 0 Å². The minimum Gasteiger partial charge on any atom is -0.449 e. The van der Waals surface area contributed by atoms with Crippen LogP contribution in [0, 0.1) is 0 Å². The summed E-state index contributed by atoms with van der Waals surface area (Å²) in [4.78, 5) is 6.12. The molecule has 0 aliphatic heterocycles. The third-order valence-electron chi connectivity index (χ3n) is 2.09. The summed E-state index contributed by atoms with van der Waals surface area (Å²) in [6.45, 7) is 1.19. The predicted octanol–water partition coefficient (Wildman–Crippen LogP) is 2.29. The molecule has 1 rings (SSSR count). The van der Waals surface area contributed by atoms with Crippen molar-refractivity contribution in [1.82, 2.24) is 9.88 Å². The molecule has 0 N–H and O–H groups in total. The minimum absolute atomic E-state index is 1.00. The fourth-order valence-electron chi connectivity index (χ4n) is 1.30. The lowest BCUT2D eigenvalue weighted by atomic mass is 10.3. The molecular formula is C11H20N2OS. The van der Waals surface area contributed by atoms with Crippen molar-refractivity contribution >= 4 is 11.8 Å². The summed E-state index contributed by atoms with van der Waals surface area (Å²) in [7, 11) is 4.24. The molecule has 0 radical (unpaired) electrons. The smallest absolute Gasteiger partial charge is 0.180 e. The second-order valence-electron chi connectivity index (χ2n) is 3.84. The van der Waals surface area contributed by atoms with Crippen molar-refractivity contribution in [2.45, 2.75) is 19.3 Å². The van der Waals surface area contributed by atoms with Crippen molar-refractivity contribution in [3.8, 4) is 0 Å². The van der Waals surface area contributed by atoms with Gasteiger partial charge >= 0.3 is 0 Å². The lowest BCUT2D eigenvalue weighted by Gasteiger charge is -2.08. The number of aromatic nitrogens is 1. The Kier molecular flexibility index (Phi) is 6.52. The van der Waals surface area contributed by atoms with E-state index in [1.165, 1.54) is 37.3 Å². The number of hydrogen-bond acceptors (Lipinski definition) is 4. The molecule has 0 atom stereocenters. The zero-order valence-corrected chi connectivity index (χ0v) is 10.4. The molecular weight excluding hydrogens is 208 g/mol. The summed E-state index contributed by atoms with van der Waals surface area (Å²) in [5.74, 6) is 3.48. The fraction of sp³-hybridized carbons (Fsp3) is 0.727. The van der Waals surface area contributed by atoms with Gasteiger partial charge in [0.25, 0.3) is 0 Å². The Labute approximate surface area is 96.2 Å². The first-order valence-corrected chi connectivity index (χ1v) is 6.54. The van der Waals surface area contributed by atoms with Gasteiger partial charge in [-0.2, -0.15) is 11.8 Å². The molecule has 0 unspecified atom stereocenters. The first kappa shape index (κ1) is 12.6. The van der Waals surface area contributed by atoms with Crippen molar-refractivity contribution in [3.05, 3.63) is 18.4 Å². The highest BCUT2D eigenvalue weighted by Gasteiger charge is 1.97. The molecule has 1 aromatic rings. The van der Waals surface area contributed by atoms with E-state index in [-0.39, 0.29) is 0 Å². The van der Waals surface area contributed by atoms with Crippen molar-refractivity contribution in [3.63, 3.8) is 0 Å². The molecule has 0 aliphatic carbocycles. The van der Waals surface area contributed by atoms with Crippen LogP contribution in [0.15, 0.2) is 17.0 Å².